The molecule has 0 heterocycles. The molecule has 0 N–H and O–H groups in total. The average molecular weight is 601 g/mol. The minimum Gasteiger partial charge on any atom is -0.423 e. The summed E-state index contributed by atoms with van der Waals surface area (Å²) < 4.78 is 10.8. The lowest BCUT2D eigenvalue weighted by molar-refractivity contribution is -0.385. The molecule has 0 unspecified atom stereocenters. The summed E-state index contributed by atoms with van der Waals surface area (Å²) in [5.41, 5.74) is -0.759. The molecule has 0 saturated heterocycles. The van der Waals surface area contributed by atoms with Crippen LogP contribution < -0.4 is 9.47 Å². The number of esters is 2. The molecule has 0 amide bonds. The van der Waals surface area contributed by atoms with Gasteiger partial charge < -0.3 is 9.47 Å². The van der Waals surface area contributed by atoms with Gasteiger partial charge in [0.2, 0.25) is 0 Å². The zero-order valence-corrected chi connectivity index (χ0v) is 19.9. The number of benzene rings is 3. The Bertz CT molecular complexity index is 1320. The van der Waals surface area contributed by atoms with Gasteiger partial charge >= 0.3 is 11.9 Å². The number of hydrogen-bond donors (Lipinski definition) is 0. The number of carbonyl (C=O) groups excluding carboxylic acids is 2. The summed E-state index contributed by atoms with van der Waals surface area (Å²) in [6.45, 7) is 0. The van der Waals surface area contributed by atoms with E-state index in [1.165, 1.54) is 42.5 Å². The van der Waals surface area contributed by atoms with Gasteiger partial charge in [-0.15, -0.1) is 0 Å². The average Bonchev–Trinajstić information content (AvgIpc) is 2.75. The minimum atomic E-state index is -0.889. The second-order valence-electron chi connectivity index (χ2n) is 6.22. The van der Waals surface area contributed by atoms with E-state index in [4.69, 9.17) is 21.1 Å². The van der Waals surface area contributed by atoms with Gasteiger partial charge in [0.15, 0.2) is 0 Å². The van der Waals surface area contributed by atoms with E-state index in [9.17, 15) is 29.8 Å². The van der Waals surface area contributed by atoms with Crippen molar-refractivity contribution in [2.45, 2.75) is 0 Å². The number of carbonyl (C=O) groups is 2. The molecular weight excluding hydrogens is 591 g/mol. The van der Waals surface area contributed by atoms with Crippen LogP contribution in [0.3, 0.4) is 0 Å². The summed E-state index contributed by atoms with van der Waals surface area (Å²) in [7, 11) is 0. The number of hydrogen-bond acceptors (Lipinski definition) is 8. The van der Waals surface area contributed by atoms with Gasteiger partial charge in [-0.05, 0) is 68.3 Å². The molecule has 0 aliphatic heterocycles. The van der Waals surface area contributed by atoms with Crippen LogP contribution in [0.15, 0.2) is 63.5 Å². The first kappa shape index (κ1) is 24.3. The van der Waals surface area contributed by atoms with Crippen molar-refractivity contribution in [2.24, 2.45) is 0 Å². The van der Waals surface area contributed by atoms with Gasteiger partial charge in [0.1, 0.15) is 11.5 Å². The van der Waals surface area contributed by atoms with E-state index in [0.29, 0.717) is 0 Å². The molecule has 3 rings (SSSR count). The third-order valence-corrected chi connectivity index (χ3v) is 5.71. The lowest BCUT2D eigenvalue weighted by atomic mass is 10.2. The Kier molecular flexibility index (Phi) is 7.41. The van der Waals surface area contributed by atoms with Crippen LogP contribution in [0.4, 0.5) is 11.4 Å². The minimum absolute atomic E-state index is 0.00495. The van der Waals surface area contributed by atoms with E-state index in [1.54, 1.807) is 0 Å². The highest BCUT2D eigenvalue weighted by molar-refractivity contribution is 9.11. The third kappa shape index (κ3) is 5.72. The monoisotopic (exact) mass is 598 g/mol. The smallest absolute Gasteiger partial charge is 0.343 e. The number of rotatable bonds is 6. The van der Waals surface area contributed by atoms with Crippen molar-refractivity contribution in [3.8, 4) is 11.5 Å². The Morgan fingerprint density at radius 2 is 1.24 bits per heavy atom. The largest absolute Gasteiger partial charge is 0.423 e. The highest BCUT2D eigenvalue weighted by atomic mass is 79.9. The van der Waals surface area contributed by atoms with Crippen molar-refractivity contribution in [1.82, 2.24) is 0 Å². The predicted octanol–water partition coefficient (Wildman–Crippen LogP) is 6.12. The van der Waals surface area contributed by atoms with E-state index in [2.05, 4.69) is 31.9 Å². The van der Waals surface area contributed by atoms with Crippen LogP contribution in [0.2, 0.25) is 5.02 Å². The summed E-state index contributed by atoms with van der Waals surface area (Å²) in [6, 6.07) is 11.2. The Morgan fingerprint density at radius 3 is 1.70 bits per heavy atom. The molecule has 13 heteroatoms. The summed E-state index contributed by atoms with van der Waals surface area (Å²) in [6.07, 6.45) is 0. The highest BCUT2D eigenvalue weighted by Crippen LogP contribution is 2.32. The van der Waals surface area contributed by atoms with Gasteiger partial charge in [-0.3, -0.25) is 20.2 Å². The van der Waals surface area contributed by atoms with Crippen LogP contribution in [0.1, 0.15) is 20.7 Å². The van der Waals surface area contributed by atoms with Crippen molar-refractivity contribution in [2.75, 3.05) is 0 Å². The quantitative estimate of drug-likeness (QED) is 0.143. The molecule has 0 aliphatic carbocycles. The summed E-state index contributed by atoms with van der Waals surface area (Å²) in [5, 5.41) is 22.0. The molecule has 0 bridgehead atoms. The fourth-order valence-electron chi connectivity index (χ4n) is 2.51. The SMILES string of the molecule is O=C(Oc1ccc(OC(=O)c2ccc(Br)c([N+](=O)[O-])c2)c(Cl)c1)c1ccc(Br)c([N+](=O)[O-])c1. The van der Waals surface area contributed by atoms with Crippen molar-refractivity contribution in [1.29, 1.82) is 0 Å². The van der Waals surface area contributed by atoms with Crippen molar-refractivity contribution >= 4 is 66.8 Å². The standard InChI is InChI=1S/C20H9Br2ClN2O8/c21-13-4-1-10(7-16(13)24(28)29)19(26)32-12-3-6-18(15(23)9-12)33-20(27)11-2-5-14(22)17(8-11)25(30)31/h1-9H. The summed E-state index contributed by atoms with van der Waals surface area (Å²) in [4.78, 5) is 45.4. The molecule has 33 heavy (non-hydrogen) atoms. The van der Waals surface area contributed by atoms with Crippen LogP contribution in [0.5, 0.6) is 11.5 Å². The molecule has 0 atom stereocenters. The first-order chi connectivity index (χ1) is 15.6. The van der Waals surface area contributed by atoms with E-state index in [0.717, 1.165) is 12.1 Å². The first-order valence-corrected chi connectivity index (χ1v) is 10.6. The number of halogens is 3. The van der Waals surface area contributed by atoms with Gasteiger partial charge in [0, 0.05) is 18.2 Å². The van der Waals surface area contributed by atoms with Crippen LogP contribution >= 0.6 is 43.5 Å². The number of ether oxygens (including phenoxy) is 2. The topological polar surface area (TPSA) is 139 Å². The maximum absolute atomic E-state index is 12.4. The molecule has 0 fully saturated rings. The second-order valence-corrected chi connectivity index (χ2v) is 8.33. The van der Waals surface area contributed by atoms with Gasteiger partial charge in [-0.1, -0.05) is 11.6 Å². The van der Waals surface area contributed by atoms with Gasteiger partial charge in [-0.25, -0.2) is 9.59 Å². The summed E-state index contributed by atoms with van der Waals surface area (Å²) in [5.74, 6) is -1.84. The highest BCUT2D eigenvalue weighted by Gasteiger charge is 2.20. The van der Waals surface area contributed by atoms with Crippen molar-refractivity contribution in [3.05, 3.63) is 99.9 Å². The molecule has 0 spiro atoms. The molecular formula is C20H9Br2ClN2O8. The Hall–Kier alpha value is -3.35. The zero-order valence-electron chi connectivity index (χ0n) is 16.0. The Morgan fingerprint density at radius 1 is 0.758 bits per heavy atom. The lowest BCUT2D eigenvalue weighted by Gasteiger charge is -2.09. The van der Waals surface area contributed by atoms with Crippen molar-refractivity contribution < 1.29 is 28.9 Å². The maximum Gasteiger partial charge on any atom is 0.343 e. The fourth-order valence-corrected chi connectivity index (χ4v) is 3.50. The van der Waals surface area contributed by atoms with Gasteiger partial charge in [0.05, 0.1) is 34.9 Å². The maximum atomic E-state index is 12.4. The second kappa shape index (κ2) is 10.1. The van der Waals surface area contributed by atoms with E-state index in [-0.39, 0.29) is 48.0 Å². The van der Waals surface area contributed by atoms with Gasteiger partial charge in [0.25, 0.3) is 11.4 Å². The van der Waals surface area contributed by atoms with Crippen LogP contribution in [0.25, 0.3) is 0 Å². The van der Waals surface area contributed by atoms with Gasteiger partial charge in [-0.2, -0.15) is 0 Å². The third-order valence-electron chi connectivity index (χ3n) is 4.07. The predicted molar refractivity (Wildman–Crippen MR) is 123 cm³/mol. The Labute approximate surface area is 206 Å². The normalized spacial score (nSPS) is 10.4. The first-order valence-electron chi connectivity index (χ1n) is 8.68. The van der Waals surface area contributed by atoms with Crippen LogP contribution in [0, 0.1) is 20.2 Å². The number of nitrogens with zero attached hydrogens (tertiary/aromatic N) is 2. The van der Waals surface area contributed by atoms with Crippen LogP contribution in [-0.2, 0) is 0 Å². The molecule has 3 aromatic rings. The summed E-state index contributed by atoms with van der Waals surface area (Å²) >= 11 is 12.2. The molecule has 0 aliphatic rings. The molecule has 10 nitrogen and oxygen atoms in total. The molecule has 0 aromatic heterocycles. The van der Waals surface area contributed by atoms with E-state index in [1.807, 2.05) is 0 Å². The molecule has 3 aromatic carbocycles. The molecule has 0 radical (unpaired) electrons. The van der Waals surface area contributed by atoms with E-state index >= 15 is 0 Å². The fraction of sp³-hybridized carbons (Fsp3) is 0. The van der Waals surface area contributed by atoms with E-state index < -0.39 is 21.8 Å². The zero-order chi connectivity index (χ0) is 24.3. The van der Waals surface area contributed by atoms with Crippen LogP contribution in [-0.4, -0.2) is 21.8 Å². The number of nitro groups is 2. The Balaban J connectivity index is 1.75. The number of nitro benzene ring substituents is 2. The van der Waals surface area contributed by atoms with Crippen molar-refractivity contribution in [3.63, 3.8) is 0 Å². The molecule has 168 valence electrons. The lowest BCUT2D eigenvalue weighted by Crippen LogP contribution is -2.10. The molecule has 0 saturated carbocycles.